The van der Waals surface area contributed by atoms with Gasteiger partial charge in [-0.3, -0.25) is 0 Å². The minimum Gasteiger partial charge on any atom is -0.356 e. The van der Waals surface area contributed by atoms with Gasteiger partial charge in [0, 0.05) is 18.8 Å². The second kappa shape index (κ2) is 17.2. The highest BCUT2D eigenvalue weighted by Gasteiger charge is 2.13. The lowest BCUT2D eigenvalue weighted by Gasteiger charge is -2.25. The van der Waals surface area contributed by atoms with E-state index in [1.54, 1.807) is 0 Å². The van der Waals surface area contributed by atoms with Gasteiger partial charge in [0.15, 0.2) is 0 Å². The van der Waals surface area contributed by atoms with E-state index in [4.69, 9.17) is 12.2 Å². The molecule has 0 amide bonds. The predicted molar refractivity (Wildman–Crippen MR) is 128 cm³/mol. The van der Waals surface area contributed by atoms with E-state index in [0.29, 0.717) is 5.92 Å². The second-order valence-corrected chi connectivity index (χ2v) is 10.4. The molecule has 0 aromatic carbocycles. The van der Waals surface area contributed by atoms with Gasteiger partial charge in [-0.15, -0.1) is 0 Å². The van der Waals surface area contributed by atoms with Crippen molar-refractivity contribution < 1.29 is 0 Å². The highest BCUT2D eigenvalue weighted by Crippen LogP contribution is 2.27. The molecule has 1 aliphatic rings. The summed E-state index contributed by atoms with van der Waals surface area (Å²) in [5.74, 6) is 1.79. The van der Waals surface area contributed by atoms with Crippen LogP contribution in [-0.2, 0) is 0 Å². The zero-order chi connectivity index (χ0) is 18.9. The standard InChI is InChI=1S/C22H39NS3/c1-3-4-5-6-7-8-9-10-13-16-19-25-26-22(24)23-18-15-12-11-14-17-21(2)20-23/h11-12,14,17,21H,3-10,13,15-16,18-20H2,1-2H3/b12-11-,17-14-. The summed E-state index contributed by atoms with van der Waals surface area (Å²) in [6, 6.07) is 0. The Bertz CT molecular complexity index is 406. The Hall–Kier alpha value is 0.0700. The van der Waals surface area contributed by atoms with E-state index in [0.717, 1.165) is 23.8 Å². The summed E-state index contributed by atoms with van der Waals surface area (Å²) >= 11 is 5.67. The molecular weight excluding hydrogens is 374 g/mol. The summed E-state index contributed by atoms with van der Waals surface area (Å²) in [5.41, 5.74) is 0. The van der Waals surface area contributed by atoms with Crippen LogP contribution in [0, 0.1) is 5.92 Å². The van der Waals surface area contributed by atoms with E-state index >= 15 is 0 Å². The monoisotopic (exact) mass is 413 g/mol. The quantitative estimate of drug-likeness (QED) is 0.181. The third kappa shape index (κ3) is 13.3. The molecule has 0 fully saturated rings. The summed E-state index contributed by atoms with van der Waals surface area (Å²) in [7, 11) is 3.76. The molecule has 0 aromatic rings. The van der Waals surface area contributed by atoms with Gasteiger partial charge < -0.3 is 4.90 Å². The van der Waals surface area contributed by atoms with Crippen LogP contribution in [0.2, 0.25) is 0 Å². The minimum atomic E-state index is 0.559. The van der Waals surface area contributed by atoms with E-state index in [9.17, 15) is 0 Å². The zero-order valence-corrected chi connectivity index (χ0v) is 19.4. The van der Waals surface area contributed by atoms with Crippen LogP contribution in [0.5, 0.6) is 0 Å². The summed E-state index contributed by atoms with van der Waals surface area (Å²) in [6.07, 6.45) is 24.0. The van der Waals surface area contributed by atoms with Gasteiger partial charge in [0.2, 0.25) is 0 Å². The van der Waals surface area contributed by atoms with Gasteiger partial charge in [-0.1, -0.05) is 119 Å². The molecule has 0 N–H and O–H groups in total. The first kappa shape index (κ1) is 24.1. The first-order chi connectivity index (χ1) is 12.7. The fourth-order valence-electron chi connectivity index (χ4n) is 3.12. The molecule has 0 saturated carbocycles. The SMILES string of the molecule is CCCCCCCCCCCCSSC(=S)N1CC/C=C\C=C/C(C)C1. The van der Waals surface area contributed by atoms with Crippen molar-refractivity contribution >= 4 is 38.1 Å². The van der Waals surface area contributed by atoms with E-state index < -0.39 is 0 Å². The molecule has 1 atom stereocenters. The molecule has 0 bridgehead atoms. The maximum Gasteiger partial charge on any atom is 0.147 e. The van der Waals surface area contributed by atoms with Crippen LogP contribution in [0.25, 0.3) is 0 Å². The van der Waals surface area contributed by atoms with Crippen LogP contribution in [0.15, 0.2) is 24.3 Å². The lowest BCUT2D eigenvalue weighted by molar-refractivity contribution is 0.401. The topological polar surface area (TPSA) is 3.24 Å². The van der Waals surface area contributed by atoms with Crippen LogP contribution in [-0.4, -0.2) is 28.1 Å². The summed E-state index contributed by atoms with van der Waals surface area (Å²) in [4.78, 5) is 2.39. The van der Waals surface area contributed by atoms with Gasteiger partial charge in [0.1, 0.15) is 4.32 Å². The third-order valence-electron chi connectivity index (χ3n) is 4.73. The number of hydrogen-bond donors (Lipinski definition) is 0. The van der Waals surface area contributed by atoms with Gasteiger partial charge in [-0.2, -0.15) is 0 Å². The normalized spacial score (nSPS) is 20.2. The second-order valence-electron chi connectivity index (χ2n) is 7.38. The number of nitrogens with zero attached hydrogens (tertiary/aromatic N) is 1. The van der Waals surface area contributed by atoms with Gasteiger partial charge in [0.05, 0.1) is 0 Å². The molecule has 26 heavy (non-hydrogen) atoms. The van der Waals surface area contributed by atoms with Crippen molar-refractivity contribution in [3.63, 3.8) is 0 Å². The first-order valence-electron chi connectivity index (χ1n) is 10.7. The van der Waals surface area contributed by atoms with Crippen LogP contribution >= 0.6 is 33.8 Å². The van der Waals surface area contributed by atoms with Crippen molar-refractivity contribution in [1.29, 1.82) is 0 Å². The molecule has 1 nitrogen and oxygen atoms in total. The van der Waals surface area contributed by atoms with Crippen LogP contribution in [0.4, 0.5) is 0 Å². The molecule has 0 radical (unpaired) electrons. The van der Waals surface area contributed by atoms with Crippen molar-refractivity contribution in [3.8, 4) is 0 Å². The molecule has 0 aliphatic carbocycles. The van der Waals surface area contributed by atoms with Crippen molar-refractivity contribution in [2.75, 3.05) is 18.8 Å². The number of hydrogen-bond acceptors (Lipinski definition) is 3. The van der Waals surface area contributed by atoms with Crippen molar-refractivity contribution in [2.45, 2.75) is 84.5 Å². The van der Waals surface area contributed by atoms with E-state index in [1.165, 1.54) is 70.0 Å². The molecule has 0 saturated heterocycles. The average molecular weight is 414 g/mol. The molecule has 1 unspecified atom stereocenters. The Morgan fingerprint density at radius 2 is 1.65 bits per heavy atom. The highest BCUT2D eigenvalue weighted by molar-refractivity contribution is 8.83. The average Bonchev–Trinajstić information content (AvgIpc) is 2.74. The smallest absolute Gasteiger partial charge is 0.147 e. The first-order valence-corrected chi connectivity index (χ1v) is 13.4. The fraction of sp³-hybridized carbons (Fsp3) is 0.773. The maximum atomic E-state index is 5.67. The summed E-state index contributed by atoms with van der Waals surface area (Å²) < 4.78 is 1.07. The number of rotatable bonds is 12. The van der Waals surface area contributed by atoms with Crippen LogP contribution in [0.1, 0.15) is 84.5 Å². The van der Waals surface area contributed by atoms with E-state index in [1.807, 2.05) is 21.6 Å². The molecule has 0 aromatic heterocycles. The molecular formula is C22H39NS3. The largest absolute Gasteiger partial charge is 0.356 e. The third-order valence-corrected chi connectivity index (χ3v) is 7.86. The van der Waals surface area contributed by atoms with Gasteiger partial charge in [-0.05, 0) is 29.6 Å². The Morgan fingerprint density at radius 3 is 2.35 bits per heavy atom. The van der Waals surface area contributed by atoms with Crippen LogP contribution < -0.4 is 0 Å². The number of allylic oxidation sites excluding steroid dienone is 2. The van der Waals surface area contributed by atoms with Crippen molar-refractivity contribution in [2.24, 2.45) is 5.92 Å². The highest BCUT2D eigenvalue weighted by atomic mass is 33.1. The van der Waals surface area contributed by atoms with Gasteiger partial charge in [0.25, 0.3) is 0 Å². The lowest BCUT2D eigenvalue weighted by Crippen LogP contribution is -2.31. The van der Waals surface area contributed by atoms with E-state index in [2.05, 4.69) is 43.1 Å². The van der Waals surface area contributed by atoms with E-state index in [-0.39, 0.29) is 0 Å². The maximum absolute atomic E-state index is 5.67. The summed E-state index contributed by atoms with van der Waals surface area (Å²) in [6.45, 7) is 6.65. The molecule has 0 spiro atoms. The molecule has 150 valence electrons. The predicted octanol–water partition coefficient (Wildman–Crippen LogP) is 8.03. The van der Waals surface area contributed by atoms with Crippen LogP contribution in [0.3, 0.4) is 0 Å². The Morgan fingerprint density at radius 1 is 1.00 bits per heavy atom. The van der Waals surface area contributed by atoms with Crippen molar-refractivity contribution in [1.82, 2.24) is 4.90 Å². The Labute approximate surface area is 176 Å². The number of thiocarbonyl (C=S) groups is 1. The minimum absolute atomic E-state index is 0.559. The summed E-state index contributed by atoms with van der Waals surface area (Å²) in [5, 5.41) is 0. The molecule has 1 aliphatic heterocycles. The number of unbranched alkanes of at least 4 members (excludes halogenated alkanes) is 9. The molecule has 1 heterocycles. The zero-order valence-electron chi connectivity index (χ0n) is 17.0. The Balaban J connectivity index is 1.99. The van der Waals surface area contributed by atoms with Gasteiger partial charge >= 0.3 is 0 Å². The fourth-order valence-corrected chi connectivity index (χ4v) is 5.72. The van der Waals surface area contributed by atoms with Gasteiger partial charge in [-0.25, -0.2) is 0 Å². The molecule has 1 rings (SSSR count). The Kier molecular flexibility index (Phi) is 15.9. The van der Waals surface area contributed by atoms with Crippen molar-refractivity contribution in [3.05, 3.63) is 24.3 Å². The molecule has 4 heteroatoms. The lowest BCUT2D eigenvalue weighted by atomic mass is 10.1.